The molecule has 0 spiro atoms. The zero-order valence-corrected chi connectivity index (χ0v) is 5.84. The van der Waals surface area contributed by atoms with Gasteiger partial charge in [-0.05, 0) is 31.1 Å². The minimum Gasteiger partial charge on any atom is -0.352 e. The molecule has 3 rings (SSSR count). The molecule has 1 N–H and O–H groups in total. The van der Waals surface area contributed by atoms with Crippen molar-refractivity contribution in [1.29, 1.82) is 0 Å². The van der Waals surface area contributed by atoms with Crippen molar-refractivity contribution in [2.24, 2.45) is 17.8 Å². The number of hydrogen-bond acceptors (Lipinski definition) is 1. The van der Waals surface area contributed by atoms with Crippen LogP contribution in [0, 0.1) is 17.8 Å². The Morgan fingerprint density at radius 2 is 2.10 bits per heavy atom. The fraction of sp³-hybridized carbons (Fsp3) is 0.875. The molecule has 0 aromatic rings. The van der Waals surface area contributed by atoms with Gasteiger partial charge in [-0.1, -0.05) is 0 Å². The number of nitrogens with one attached hydrogen (secondary N) is 1. The van der Waals surface area contributed by atoms with E-state index >= 15 is 0 Å². The number of amides is 1. The summed E-state index contributed by atoms with van der Waals surface area (Å²) in [5.74, 6) is 2.40. The third-order valence-electron chi connectivity index (χ3n) is 3.53. The molecule has 2 nitrogen and oxygen atoms in total. The summed E-state index contributed by atoms with van der Waals surface area (Å²) >= 11 is 0. The maximum Gasteiger partial charge on any atom is 0.225 e. The molecule has 0 radical (unpaired) electrons. The van der Waals surface area contributed by atoms with E-state index in [4.69, 9.17) is 0 Å². The second kappa shape index (κ2) is 1.39. The Balaban J connectivity index is 1.95. The summed E-state index contributed by atoms with van der Waals surface area (Å²) in [6, 6.07) is 0.603. The van der Waals surface area contributed by atoms with Gasteiger partial charge in [0.05, 0.1) is 5.92 Å². The van der Waals surface area contributed by atoms with Gasteiger partial charge in [0.2, 0.25) is 5.91 Å². The van der Waals surface area contributed by atoms with E-state index in [2.05, 4.69) is 5.32 Å². The van der Waals surface area contributed by atoms with E-state index in [-0.39, 0.29) is 0 Å². The van der Waals surface area contributed by atoms with Crippen LogP contribution in [0.25, 0.3) is 0 Å². The summed E-state index contributed by atoms with van der Waals surface area (Å²) in [6.45, 7) is 0. The van der Waals surface area contributed by atoms with Crippen LogP contribution >= 0.6 is 0 Å². The van der Waals surface area contributed by atoms with Gasteiger partial charge in [0.25, 0.3) is 0 Å². The summed E-state index contributed by atoms with van der Waals surface area (Å²) in [7, 11) is 0. The van der Waals surface area contributed by atoms with Gasteiger partial charge in [0, 0.05) is 6.04 Å². The molecule has 2 saturated carbocycles. The van der Waals surface area contributed by atoms with Crippen LogP contribution in [0.1, 0.15) is 19.3 Å². The third kappa shape index (κ3) is 0.386. The van der Waals surface area contributed by atoms with E-state index < -0.39 is 0 Å². The maximum absolute atomic E-state index is 11.0. The van der Waals surface area contributed by atoms with Crippen LogP contribution in [-0.4, -0.2) is 11.9 Å². The van der Waals surface area contributed by atoms with E-state index in [9.17, 15) is 4.79 Å². The average Bonchev–Trinajstić information content (AvgIpc) is 2.40. The Hall–Kier alpha value is -0.530. The fourth-order valence-corrected chi connectivity index (χ4v) is 3.04. The van der Waals surface area contributed by atoms with Crippen LogP contribution in [0.15, 0.2) is 0 Å². The summed E-state index contributed by atoms with van der Waals surface area (Å²) < 4.78 is 0. The van der Waals surface area contributed by atoms with Gasteiger partial charge in [-0.2, -0.15) is 0 Å². The van der Waals surface area contributed by atoms with Gasteiger partial charge in [-0.3, -0.25) is 4.79 Å². The first-order valence-corrected chi connectivity index (χ1v) is 4.16. The van der Waals surface area contributed by atoms with Crippen LogP contribution < -0.4 is 5.32 Å². The Bertz CT molecular complexity index is 199. The van der Waals surface area contributed by atoms with Gasteiger partial charge >= 0.3 is 0 Å². The van der Waals surface area contributed by atoms with Crippen molar-refractivity contribution in [3.05, 3.63) is 0 Å². The molecule has 54 valence electrons. The van der Waals surface area contributed by atoms with Crippen molar-refractivity contribution in [2.45, 2.75) is 25.3 Å². The number of rotatable bonds is 0. The van der Waals surface area contributed by atoms with Gasteiger partial charge in [-0.15, -0.1) is 0 Å². The SMILES string of the molecule is O=C1N[C@@H]2[C@H]3CC[C@H](C3)[C@@H]12. The molecular weight excluding hydrogens is 126 g/mol. The lowest BCUT2D eigenvalue weighted by Crippen LogP contribution is -2.60. The predicted molar refractivity (Wildman–Crippen MR) is 36.3 cm³/mol. The van der Waals surface area contributed by atoms with E-state index in [1.165, 1.54) is 19.3 Å². The summed E-state index contributed by atoms with van der Waals surface area (Å²) in [6.07, 6.45) is 4.01. The first kappa shape index (κ1) is 5.16. The number of β-lactam (4-membered cyclic amide) rings is 1. The highest BCUT2D eigenvalue weighted by molar-refractivity contribution is 5.87. The standard InChI is InChI=1S/C8H11NO/c10-8-6-4-1-2-5(3-4)7(6)9-8/h4-7H,1-3H2,(H,9,10)/t4-,5+,6-,7-/m1/s1. The largest absolute Gasteiger partial charge is 0.352 e. The highest BCUT2D eigenvalue weighted by Gasteiger charge is 2.57. The smallest absolute Gasteiger partial charge is 0.225 e. The zero-order valence-electron chi connectivity index (χ0n) is 5.84. The molecule has 1 heterocycles. The molecule has 10 heavy (non-hydrogen) atoms. The second-order valence-corrected chi connectivity index (χ2v) is 3.89. The summed E-state index contributed by atoms with van der Waals surface area (Å²) in [5, 5.41) is 3.00. The fourth-order valence-electron chi connectivity index (χ4n) is 3.04. The van der Waals surface area contributed by atoms with Gasteiger partial charge in [0.1, 0.15) is 0 Å². The summed E-state index contributed by atoms with van der Waals surface area (Å²) in [5.41, 5.74) is 0. The number of carbonyl (C=O) groups excluding carboxylic acids is 1. The molecule has 0 aromatic heterocycles. The lowest BCUT2D eigenvalue weighted by molar-refractivity contribution is -0.137. The van der Waals surface area contributed by atoms with Crippen LogP contribution in [0.2, 0.25) is 0 Å². The number of fused-ring (bicyclic) bond motifs is 5. The highest BCUT2D eigenvalue weighted by atomic mass is 16.2. The molecule has 1 amide bonds. The van der Waals surface area contributed by atoms with E-state index in [1.54, 1.807) is 0 Å². The monoisotopic (exact) mass is 137 g/mol. The van der Waals surface area contributed by atoms with E-state index in [0.29, 0.717) is 17.9 Å². The van der Waals surface area contributed by atoms with E-state index in [1.807, 2.05) is 0 Å². The normalized spacial score (nSPS) is 55.8. The van der Waals surface area contributed by atoms with Crippen molar-refractivity contribution in [3.8, 4) is 0 Å². The number of hydrogen-bond donors (Lipinski definition) is 1. The molecule has 1 aliphatic heterocycles. The average molecular weight is 137 g/mol. The minimum atomic E-state index is 0.331. The minimum absolute atomic E-state index is 0.331. The van der Waals surface area contributed by atoms with Gasteiger partial charge in [-0.25, -0.2) is 0 Å². The number of carbonyl (C=O) groups is 1. The van der Waals surface area contributed by atoms with Crippen LogP contribution in [0.5, 0.6) is 0 Å². The van der Waals surface area contributed by atoms with Crippen molar-refractivity contribution < 1.29 is 4.79 Å². The molecule has 0 aromatic carbocycles. The molecule has 3 fully saturated rings. The molecule has 1 saturated heterocycles. The Morgan fingerprint density at radius 1 is 1.30 bits per heavy atom. The Kier molecular flexibility index (Phi) is 0.715. The van der Waals surface area contributed by atoms with Crippen molar-refractivity contribution in [3.63, 3.8) is 0 Å². The molecule has 2 bridgehead atoms. The second-order valence-electron chi connectivity index (χ2n) is 3.89. The molecule has 0 unspecified atom stereocenters. The van der Waals surface area contributed by atoms with Crippen molar-refractivity contribution >= 4 is 5.91 Å². The third-order valence-corrected chi connectivity index (χ3v) is 3.53. The first-order valence-electron chi connectivity index (χ1n) is 4.16. The molecule has 3 aliphatic rings. The Labute approximate surface area is 60.0 Å². The molecule has 4 atom stereocenters. The molecular formula is C8H11NO. The zero-order chi connectivity index (χ0) is 6.72. The van der Waals surface area contributed by atoms with Crippen LogP contribution in [0.4, 0.5) is 0 Å². The highest BCUT2D eigenvalue weighted by Crippen LogP contribution is 2.51. The lowest BCUT2D eigenvalue weighted by atomic mass is 9.78. The predicted octanol–water partition coefficient (Wildman–Crippen LogP) is 0.531. The van der Waals surface area contributed by atoms with Crippen LogP contribution in [-0.2, 0) is 4.79 Å². The molecule has 2 heteroatoms. The quantitative estimate of drug-likeness (QED) is 0.485. The summed E-state index contributed by atoms with van der Waals surface area (Å²) in [4.78, 5) is 11.0. The molecule has 2 aliphatic carbocycles. The first-order chi connectivity index (χ1) is 4.86. The topological polar surface area (TPSA) is 29.1 Å². The lowest BCUT2D eigenvalue weighted by Gasteiger charge is -2.39. The maximum atomic E-state index is 11.0. The van der Waals surface area contributed by atoms with Crippen molar-refractivity contribution in [2.75, 3.05) is 0 Å². The van der Waals surface area contributed by atoms with E-state index in [0.717, 1.165) is 11.8 Å². The van der Waals surface area contributed by atoms with Gasteiger partial charge < -0.3 is 5.32 Å². The van der Waals surface area contributed by atoms with Gasteiger partial charge in [0.15, 0.2) is 0 Å². The Morgan fingerprint density at radius 3 is 2.70 bits per heavy atom. The van der Waals surface area contributed by atoms with Crippen molar-refractivity contribution in [1.82, 2.24) is 5.32 Å². The van der Waals surface area contributed by atoms with Crippen LogP contribution in [0.3, 0.4) is 0 Å².